The number of nitrogens with zero attached hydrogens (tertiary/aromatic N) is 3. The number of morpholine rings is 1. The Balaban J connectivity index is 0.00000192. The van der Waals surface area contributed by atoms with Crippen LogP contribution in [0.4, 0.5) is 5.95 Å². The summed E-state index contributed by atoms with van der Waals surface area (Å²) in [5, 5.41) is 0. The van der Waals surface area contributed by atoms with Gasteiger partial charge in [0.15, 0.2) is 0 Å². The quantitative estimate of drug-likeness (QED) is 0.930. The zero-order chi connectivity index (χ0) is 15.4. The molecule has 0 aliphatic carbocycles. The van der Waals surface area contributed by atoms with Gasteiger partial charge in [-0.25, -0.2) is 9.97 Å². The van der Waals surface area contributed by atoms with Gasteiger partial charge < -0.3 is 15.4 Å². The van der Waals surface area contributed by atoms with Crippen LogP contribution in [0.5, 0.6) is 0 Å². The molecule has 1 aliphatic rings. The Morgan fingerprint density at radius 1 is 1.13 bits per heavy atom. The van der Waals surface area contributed by atoms with E-state index in [1.165, 1.54) is 5.56 Å². The van der Waals surface area contributed by atoms with Crippen molar-refractivity contribution in [2.75, 3.05) is 31.2 Å². The molecular weight excluding hydrogens is 312 g/mol. The minimum atomic E-state index is 0. The molecule has 1 aromatic carbocycles. The molecule has 0 unspecified atom stereocenters. The second-order valence-corrected chi connectivity index (χ2v) is 5.40. The van der Waals surface area contributed by atoms with E-state index in [2.05, 4.69) is 41.1 Å². The van der Waals surface area contributed by atoms with E-state index in [0.29, 0.717) is 6.54 Å². The first-order valence-electron chi connectivity index (χ1n) is 7.80. The summed E-state index contributed by atoms with van der Waals surface area (Å²) in [5.41, 5.74) is 10.0. The van der Waals surface area contributed by atoms with Gasteiger partial charge in [0.05, 0.1) is 24.6 Å². The van der Waals surface area contributed by atoms with E-state index < -0.39 is 0 Å². The van der Waals surface area contributed by atoms with Crippen LogP contribution in [0.1, 0.15) is 18.2 Å². The number of hydrogen-bond donors (Lipinski definition) is 1. The van der Waals surface area contributed by atoms with E-state index in [-0.39, 0.29) is 12.4 Å². The van der Waals surface area contributed by atoms with Gasteiger partial charge in [0.1, 0.15) is 0 Å². The van der Waals surface area contributed by atoms with E-state index in [9.17, 15) is 0 Å². The molecule has 0 bridgehead atoms. The Hall–Kier alpha value is -1.69. The molecule has 0 atom stereocenters. The van der Waals surface area contributed by atoms with Gasteiger partial charge in [-0.15, -0.1) is 12.4 Å². The number of aryl methyl sites for hydroxylation is 1. The maximum absolute atomic E-state index is 5.81. The predicted octanol–water partition coefficient (Wildman–Crippen LogP) is 2.42. The zero-order valence-corrected chi connectivity index (χ0v) is 14.2. The number of aromatic nitrogens is 2. The summed E-state index contributed by atoms with van der Waals surface area (Å²) < 4.78 is 5.40. The molecule has 23 heavy (non-hydrogen) atoms. The van der Waals surface area contributed by atoms with E-state index in [1.807, 2.05) is 6.07 Å². The maximum atomic E-state index is 5.81. The third-order valence-corrected chi connectivity index (χ3v) is 3.93. The maximum Gasteiger partial charge on any atom is 0.226 e. The molecule has 2 aromatic rings. The Morgan fingerprint density at radius 3 is 2.43 bits per heavy atom. The van der Waals surface area contributed by atoms with Crippen molar-refractivity contribution in [1.29, 1.82) is 0 Å². The van der Waals surface area contributed by atoms with Crippen molar-refractivity contribution in [3.05, 3.63) is 41.6 Å². The van der Waals surface area contributed by atoms with Gasteiger partial charge in [0.25, 0.3) is 0 Å². The first kappa shape index (κ1) is 17.7. The number of benzene rings is 1. The SMILES string of the molecule is CCc1ccc(-c2cc(CN)nc(N3CCOCC3)n2)cc1.Cl. The molecule has 0 amide bonds. The highest BCUT2D eigenvalue weighted by Crippen LogP contribution is 2.22. The zero-order valence-electron chi connectivity index (χ0n) is 13.4. The van der Waals surface area contributed by atoms with E-state index >= 15 is 0 Å². The number of ether oxygens (including phenoxy) is 1. The van der Waals surface area contributed by atoms with Gasteiger partial charge in [0, 0.05) is 25.2 Å². The van der Waals surface area contributed by atoms with Crippen molar-refractivity contribution in [2.45, 2.75) is 19.9 Å². The van der Waals surface area contributed by atoms with E-state index in [4.69, 9.17) is 15.5 Å². The van der Waals surface area contributed by atoms with Crippen molar-refractivity contribution in [3.63, 3.8) is 0 Å². The largest absolute Gasteiger partial charge is 0.378 e. The fourth-order valence-electron chi connectivity index (χ4n) is 2.55. The predicted molar refractivity (Wildman–Crippen MR) is 95.0 cm³/mol. The van der Waals surface area contributed by atoms with Crippen LogP contribution in [0.25, 0.3) is 11.3 Å². The second kappa shape index (κ2) is 8.24. The molecule has 2 N–H and O–H groups in total. The van der Waals surface area contributed by atoms with E-state index in [1.54, 1.807) is 0 Å². The van der Waals surface area contributed by atoms with Crippen molar-refractivity contribution in [3.8, 4) is 11.3 Å². The molecule has 2 heterocycles. The monoisotopic (exact) mass is 334 g/mol. The van der Waals surface area contributed by atoms with Crippen molar-refractivity contribution in [2.24, 2.45) is 5.73 Å². The van der Waals surface area contributed by atoms with Crippen LogP contribution in [0.2, 0.25) is 0 Å². The molecule has 5 nitrogen and oxygen atoms in total. The van der Waals surface area contributed by atoms with Gasteiger partial charge in [0.2, 0.25) is 5.95 Å². The van der Waals surface area contributed by atoms with Gasteiger partial charge in [-0.2, -0.15) is 0 Å². The number of hydrogen-bond acceptors (Lipinski definition) is 5. The summed E-state index contributed by atoms with van der Waals surface area (Å²) in [4.78, 5) is 11.5. The molecule has 6 heteroatoms. The van der Waals surface area contributed by atoms with Crippen LogP contribution in [0.15, 0.2) is 30.3 Å². The summed E-state index contributed by atoms with van der Waals surface area (Å²) >= 11 is 0. The molecule has 0 saturated carbocycles. The second-order valence-electron chi connectivity index (χ2n) is 5.40. The number of rotatable bonds is 4. The lowest BCUT2D eigenvalue weighted by atomic mass is 10.1. The van der Waals surface area contributed by atoms with Crippen LogP contribution < -0.4 is 10.6 Å². The fourth-order valence-corrected chi connectivity index (χ4v) is 2.55. The number of halogens is 1. The summed E-state index contributed by atoms with van der Waals surface area (Å²) in [6.07, 6.45) is 1.04. The minimum absolute atomic E-state index is 0. The Morgan fingerprint density at radius 2 is 1.83 bits per heavy atom. The Bertz CT molecular complexity index is 627. The first-order chi connectivity index (χ1) is 10.8. The van der Waals surface area contributed by atoms with Gasteiger partial charge >= 0.3 is 0 Å². The molecule has 0 spiro atoms. The van der Waals surface area contributed by atoms with E-state index in [0.717, 1.165) is 55.6 Å². The Kier molecular flexibility index (Phi) is 6.33. The molecule has 1 aliphatic heterocycles. The van der Waals surface area contributed by atoms with Gasteiger partial charge in [-0.3, -0.25) is 0 Å². The molecular formula is C17H23ClN4O. The lowest BCUT2D eigenvalue weighted by molar-refractivity contribution is 0.122. The highest BCUT2D eigenvalue weighted by atomic mass is 35.5. The standard InChI is InChI=1S/C17H22N4O.ClH/c1-2-13-3-5-14(6-4-13)16-11-15(12-18)19-17(20-16)21-7-9-22-10-8-21;/h3-6,11H,2,7-10,12,18H2,1H3;1H. The fraction of sp³-hybridized carbons (Fsp3) is 0.412. The summed E-state index contributed by atoms with van der Waals surface area (Å²) in [6.45, 7) is 5.65. The average molecular weight is 335 g/mol. The average Bonchev–Trinajstić information content (AvgIpc) is 2.62. The summed E-state index contributed by atoms with van der Waals surface area (Å²) in [6, 6.07) is 10.5. The van der Waals surface area contributed by atoms with Crippen LogP contribution in [0.3, 0.4) is 0 Å². The highest BCUT2D eigenvalue weighted by Gasteiger charge is 2.16. The van der Waals surface area contributed by atoms with Crippen LogP contribution in [-0.4, -0.2) is 36.3 Å². The number of anilines is 1. The normalized spacial score (nSPS) is 14.4. The third kappa shape index (κ3) is 4.19. The molecule has 1 aromatic heterocycles. The van der Waals surface area contributed by atoms with Crippen molar-refractivity contribution in [1.82, 2.24) is 9.97 Å². The molecule has 3 rings (SSSR count). The van der Waals surface area contributed by atoms with Crippen molar-refractivity contribution >= 4 is 18.4 Å². The minimum Gasteiger partial charge on any atom is -0.378 e. The molecule has 0 radical (unpaired) electrons. The van der Waals surface area contributed by atoms with Crippen LogP contribution >= 0.6 is 12.4 Å². The molecule has 1 saturated heterocycles. The van der Waals surface area contributed by atoms with Gasteiger partial charge in [-0.1, -0.05) is 31.2 Å². The van der Waals surface area contributed by atoms with Crippen LogP contribution in [0, 0.1) is 0 Å². The van der Waals surface area contributed by atoms with Crippen molar-refractivity contribution < 1.29 is 4.74 Å². The summed E-state index contributed by atoms with van der Waals surface area (Å²) in [5.74, 6) is 0.751. The lowest BCUT2D eigenvalue weighted by Crippen LogP contribution is -2.37. The Labute approximate surface area is 143 Å². The first-order valence-corrected chi connectivity index (χ1v) is 7.80. The van der Waals surface area contributed by atoms with Gasteiger partial charge in [-0.05, 0) is 18.1 Å². The third-order valence-electron chi connectivity index (χ3n) is 3.93. The topological polar surface area (TPSA) is 64.3 Å². The molecule has 124 valence electrons. The summed E-state index contributed by atoms with van der Waals surface area (Å²) in [7, 11) is 0. The smallest absolute Gasteiger partial charge is 0.226 e. The van der Waals surface area contributed by atoms with Crippen LogP contribution in [-0.2, 0) is 17.7 Å². The lowest BCUT2D eigenvalue weighted by Gasteiger charge is -2.27. The number of nitrogens with two attached hydrogens (primary N) is 1. The molecule has 1 fully saturated rings. The highest BCUT2D eigenvalue weighted by molar-refractivity contribution is 5.85.